The maximum absolute atomic E-state index is 6.53. The van der Waals surface area contributed by atoms with Gasteiger partial charge in [-0.2, -0.15) is 0 Å². The fraction of sp³-hybridized carbons (Fsp3) is 0.130. The number of fused-ring (bicyclic) bond motifs is 1. The molecule has 2 N–H and O–H groups in total. The molecule has 0 bridgehead atoms. The highest BCUT2D eigenvalue weighted by atomic mass is 32.2. The topological polar surface area (TPSA) is 55.0 Å². The summed E-state index contributed by atoms with van der Waals surface area (Å²) in [4.78, 5) is 12.2. The first-order chi connectivity index (χ1) is 13.7. The van der Waals surface area contributed by atoms with Crippen molar-refractivity contribution in [2.75, 3.05) is 17.2 Å². The Labute approximate surface area is 169 Å². The van der Waals surface area contributed by atoms with Gasteiger partial charge in [-0.25, -0.2) is 9.97 Å². The lowest BCUT2D eigenvalue weighted by atomic mass is 10.1. The fourth-order valence-corrected chi connectivity index (χ4v) is 4.06. The molecule has 0 saturated carbocycles. The Morgan fingerprint density at radius 3 is 2.46 bits per heavy atom. The van der Waals surface area contributed by atoms with Crippen molar-refractivity contribution in [2.45, 2.75) is 23.8 Å². The van der Waals surface area contributed by atoms with Crippen molar-refractivity contribution in [3.8, 4) is 0 Å². The standard InChI is InChI=1S/C23H22N4S/c1-3-27(20-10-6-8-17-7-4-5-9-19(17)20)22-21(24)23(26-15-25-22)28-18-13-11-16(2)12-14-18/h4-15H,3,24H2,1-2H3. The third kappa shape index (κ3) is 3.53. The Morgan fingerprint density at radius 1 is 0.929 bits per heavy atom. The van der Waals surface area contributed by atoms with Gasteiger partial charge >= 0.3 is 0 Å². The van der Waals surface area contributed by atoms with Crippen molar-refractivity contribution < 1.29 is 0 Å². The number of benzene rings is 3. The van der Waals surface area contributed by atoms with E-state index in [4.69, 9.17) is 5.73 Å². The minimum absolute atomic E-state index is 0.600. The highest BCUT2D eigenvalue weighted by Gasteiger charge is 2.18. The summed E-state index contributed by atoms with van der Waals surface area (Å²) in [6, 6.07) is 23.0. The number of aryl methyl sites for hydroxylation is 1. The molecule has 0 amide bonds. The van der Waals surface area contributed by atoms with E-state index < -0.39 is 0 Å². The number of nitrogens with zero attached hydrogens (tertiary/aromatic N) is 3. The van der Waals surface area contributed by atoms with E-state index in [1.165, 1.54) is 16.3 Å². The molecule has 0 aliphatic heterocycles. The smallest absolute Gasteiger partial charge is 0.160 e. The third-order valence-corrected chi connectivity index (χ3v) is 5.72. The van der Waals surface area contributed by atoms with Crippen LogP contribution >= 0.6 is 11.8 Å². The minimum atomic E-state index is 0.600. The first-order valence-electron chi connectivity index (χ1n) is 9.27. The van der Waals surface area contributed by atoms with E-state index in [0.717, 1.165) is 28.0 Å². The number of hydrogen-bond donors (Lipinski definition) is 1. The van der Waals surface area contributed by atoms with E-state index in [1.807, 2.05) is 0 Å². The van der Waals surface area contributed by atoms with Gasteiger partial charge in [-0.15, -0.1) is 0 Å². The van der Waals surface area contributed by atoms with Crippen LogP contribution in [0.25, 0.3) is 10.8 Å². The molecule has 140 valence electrons. The Kier molecular flexibility index (Phi) is 5.17. The normalized spacial score (nSPS) is 10.9. The second kappa shape index (κ2) is 7.90. The van der Waals surface area contributed by atoms with E-state index >= 15 is 0 Å². The van der Waals surface area contributed by atoms with E-state index in [1.54, 1.807) is 18.1 Å². The van der Waals surface area contributed by atoms with Crippen LogP contribution in [0.2, 0.25) is 0 Å². The van der Waals surface area contributed by atoms with Crippen LogP contribution in [0.3, 0.4) is 0 Å². The van der Waals surface area contributed by atoms with E-state index in [-0.39, 0.29) is 0 Å². The molecule has 3 aromatic carbocycles. The van der Waals surface area contributed by atoms with Crippen LogP contribution < -0.4 is 10.6 Å². The molecule has 0 fully saturated rings. The molecule has 0 spiro atoms. The number of hydrogen-bond acceptors (Lipinski definition) is 5. The van der Waals surface area contributed by atoms with Crippen molar-refractivity contribution in [2.24, 2.45) is 0 Å². The van der Waals surface area contributed by atoms with Gasteiger partial charge in [-0.3, -0.25) is 0 Å². The van der Waals surface area contributed by atoms with E-state index in [9.17, 15) is 0 Å². The zero-order valence-corrected chi connectivity index (χ0v) is 16.8. The van der Waals surface area contributed by atoms with Crippen LogP contribution in [0, 0.1) is 6.92 Å². The van der Waals surface area contributed by atoms with Gasteiger partial charge < -0.3 is 10.6 Å². The molecule has 4 nitrogen and oxygen atoms in total. The number of anilines is 3. The van der Waals surface area contributed by atoms with Gasteiger partial charge in [0.05, 0.1) is 5.69 Å². The van der Waals surface area contributed by atoms with Crippen LogP contribution in [0.4, 0.5) is 17.2 Å². The quantitative estimate of drug-likeness (QED) is 0.437. The summed E-state index contributed by atoms with van der Waals surface area (Å²) in [5.41, 5.74) is 9.46. The molecule has 4 aromatic rings. The zero-order chi connectivity index (χ0) is 19.5. The molecule has 0 saturated heterocycles. The summed E-state index contributed by atoms with van der Waals surface area (Å²) in [5.74, 6) is 0.739. The highest BCUT2D eigenvalue weighted by molar-refractivity contribution is 7.99. The second-order valence-corrected chi connectivity index (χ2v) is 7.64. The summed E-state index contributed by atoms with van der Waals surface area (Å²) >= 11 is 1.56. The highest BCUT2D eigenvalue weighted by Crippen LogP contribution is 2.38. The molecule has 0 aliphatic rings. The van der Waals surface area contributed by atoms with Crippen molar-refractivity contribution in [3.05, 3.63) is 78.6 Å². The second-order valence-electron chi connectivity index (χ2n) is 6.57. The van der Waals surface area contributed by atoms with Gasteiger partial charge in [0.2, 0.25) is 0 Å². The molecular weight excluding hydrogens is 364 g/mol. The lowest BCUT2D eigenvalue weighted by Crippen LogP contribution is -2.20. The van der Waals surface area contributed by atoms with Crippen LogP contribution in [-0.2, 0) is 0 Å². The Balaban J connectivity index is 1.76. The molecule has 1 aromatic heterocycles. The van der Waals surface area contributed by atoms with Crippen molar-refractivity contribution in [3.63, 3.8) is 0 Å². The summed E-state index contributed by atoms with van der Waals surface area (Å²) < 4.78 is 0. The number of nitrogens with two attached hydrogens (primary N) is 1. The van der Waals surface area contributed by atoms with Crippen LogP contribution in [0.15, 0.2) is 83.0 Å². The number of aromatic nitrogens is 2. The zero-order valence-electron chi connectivity index (χ0n) is 16.0. The summed E-state index contributed by atoms with van der Waals surface area (Å²) in [6.07, 6.45) is 1.59. The minimum Gasteiger partial charge on any atom is -0.394 e. The molecule has 0 radical (unpaired) electrons. The number of nitrogen functional groups attached to an aromatic ring is 1. The lowest BCUT2D eigenvalue weighted by molar-refractivity contribution is 0.958. The molecule has 5 heteroatoms. The molecule has 1 heterocycles. The Morgan fingerprint density at radius 2 is 1.68 bits per heavy atom. The van der Waals surface area contributed by atoms with Gasteiger partial charge in [0.15, 0.2) is 5.82 Å². The van der Waals surface area contributed by atoms with Crippen LogP contribution in [-0.4, -0.2) is 16.5 Å². The first kappa shape index (κ1) is 18.3. The van der Waals surface area contributed by atoms with Gasteiger partial charge in [0.25, 0.3) is 0 Å². The van der Waals surface area contributed by atoms with Crippen LogP contribution in [0.5, 0.6) is 0 Å². The molecular formula is C23H22N4S. The maximum atomic E-state index is 6.53. The SMILES string of the molecule is CCN(c1ncnc(Sc2ccc(C)cc2)c1N)c1cccc2ccccc12. The van der Waals surface area contributed by atoms with Crippen LogP contribution in [0.1, 0.15) is 12.5 Å². The molecule has 0 aliphatic carbocycles. The monoisotopic (exact) mass is 386 g/mol. The summed E-state index contributed by atoms with van der Waals surface area (Å²) in [6.45, 7) is 4.94. The average molecular weight is 387 g/mol. The van der Waals surface area contributed by atoms with E-state index in [2.05, 4.69) is 95.4 Å². The molecule has 4 rings (SSSR count). The van der Waals surface area contributed by atoms with E-state index in [0.29, 0.717) is 5.69 Å². The van der Waals surface area contributed by atoms with Gasteiger partial charge in [-0.05, 0) is 37.4 Å². The Hall–Kier alpha value is -3.05. The predicted molar refractivity (Wildman–Crippen MR) is 118 cm³/mol. The van der Waals surface area contributed by atoms with Gasteiger partial charge in [0.1, 0.15) is 17.0 Å². The van der Waals surface area contributed by atoms with Crippen molar-refractivity contribution >= 4 is 39.7 Å². The van der Waals surface area contributed by atoms with Crippen molar-refractivity contribution in [1.29, 1.82) is 0 Å². The first-order valence-corrected chi connectivity index (χ1v) is 10.1. The van der Waals surface area contributed by atoms with Gasteiger partial charge in [-0.1, -0.05) is 65.9 Å². The van der Waals surface area contributed by atoms with Gasteiger partial charge in [0, 0.05) is 16.8 Å². The van der Waals surface area contributed by atoms with Crippen molar-refractivity contribution in [1.82, 2.24) is 9.97 Å². The fourth-order valence-electron chi connectivity index (χ4n) is 3.26. The maximum Gasteiger partial charge on any atom is 0.160 e. The third-order valence-electron chi connectivity index (χ3n) is 4.69. The largest absolute Gasteiger partial charge is 0.394 e. The Bertz CT molecular complexity index is 1100. The number of rotatable bonds is 5. The lowest BCUT2D eigenvalue weighted by Gasteiger charge is -2.25. The summed E-state index contributed by atoms with van der Waals surface area (Å²) in [5, 5.41) is 3.14. The molecule has 0 unspecified atom stereocenters. The molecule has 28 heavy (non-hydrogen) atoms. The average Bonchev–Trinajstić information content (AvgIpc) is 2.73. The predicted octanol–water partition coefficient (Wildman–Crippen LogP) is 5.83. The summed E-state index contributed by atoms with van der Waals surface area (Å²) in [7, 11) is 0. The molecule has 0 atom stereocenters.